The van der Waals surface area contributed by atoms with Crippen molar-refractivity contribution in [2.45, 2.75) is 77.4 Å². The molecular formula is C17H34N2O. The lowest BCUT2D eigenvalue weighted by atomic mass is 10.0. The third kappa shape index (κ3) is 5.01. The van der Waals surface area contributed by atoms with Gasteiger partial charge < -0.3 is 10.1 Å². The van der Waals surface area contributed by atoms with Crippen molar-refractivity contribution in [3.8, 4) is 0 Å². The van der Waals surface area contributed by atoms with E-state index in [0.717, 1.165) is 31.7 Å². The molecule has 0 amide bonds. The van der Waals surface area contributed by atoms with E-state index in [1.807, 2.05) is 0 Å². The monoisotopic (exact) mass is 282 g/mol. The van der Waals surface area contributed by atoms with Crippen LogP contribution in [0.1, 0.15) is 59.3 Å². The van der Waals surface area contributed by atoms with Crippen molar-refractivity contribution in [2.75, 3.05) is 26.3 Å². The predicted octanol–water partition coefficient (Wildman–Crippen LogP) is 3.04. The third-order valence-corrected chi connectivity index (χ3v) is 4.95. The molecular weight excluding hydrogens is 248 g/mol. The van der Waals surface area contributed by atoms with Crippen molar-refractivity contribution in [3.63, 3.8) is 0 Å². The van der Waals surface area contributed by atoms with Crippen LogP contribution in [0.3, 0.4) is 0 Å². The van der Waals surface area contributed by atoms with E-state index in [9.17, 15) is 0 Å². The van der Waals surface area contributed by atoms with E-state index >= 15 is 0 Å². The van der Waals surface area contributed by atoms with Gasteiger partial charge in [-0.05, 0) is 45.1 Å². The van der Waals surface area contributed by atoms with Crippen LogP contribution in [-0.4, -0.2) is 49.3 Å². The van der Waals surface area contributed by atoms with Crippen molar-refractivity contribution in [1.29, 1.82) is 0 Å². The summed E-state index contributed by atoms with van der Waals surface area (Å²) in [5.74, 6) is 0.808. The van der Waals surface area contributed by atoms with Gasteiger partial charge in [0.1, 0.15) is 0 Å². The van der Waals surface area contributed by atoms with E-state index in [2.05, 4.69) is 31.0 Å². The maximum Gasteiger partial charge on any atom is 0.0620 e. The molecule has 1 aliphatic carbocycles. The average molecular weight is 282 g/mol. The standard InChI is InChI=1S/C17H34N2O/c1-14(2)8-10-19(17-6-4-5-7-17)15(3)12-16-13-20-11-9-18-16/h14-18H,4-13H2,1-3H3. The minimum Gasteiger partial charge on any atom is -0.379 e. The first-order valence-corrected chi connectivity index (χ1v) is 8.73. The number of morpholine rings is 1. The molecule has 0 aromatic rings. The smallest absolute Gasteiger partial charge is 0.0620 e. The normalized spacial score (nSPS) is 26.6. The summed E-state index contributed by atoms with van der Waals surface area (Å²) in [7, 11) is 0. The van der Waals surface area contributed by atoms with Gasteiger partial charge in [0, 0.05) is 24.7 Å². The molecule has 0 aromatic carbocycles. The molecule has 1 heterocycles. The summed E-state index contributed by atoms with van der Waals surface area (Å²) in [5.41, 5.74) is 0. The van der Waals surface area contributed by atoms with Crippen LogP contribution < -0.4 is 5.32 Å². The highest BCUT2D eigenvalue weighted by atomic mass is 16.5. The highest BCUT2D eigenvalue weighted by Crippen LogP contribution is 2.27. The molecule has 2 fully saturated rings. The van der Waals surface area contributed by atoms with E-state index in [0.29, 0.717) is 12.1 Å². The second-order valence-electron chi connectivity index (χ2n) is 7.17. The Kier molecular flexibility index (Phi) is 6.79. The molecule has 2 unspecified atom stereocenters. The molecule has 2 atom stereocenters. The quantitative estimate of drug-likeness (QED) is 0.777. The molecule has 0 radical (unpaired) electrons. The first-order valence-electron chi connectivity index (χ1n) is 8.73. The van der Waals surface area contributed by atoms with Gasteiger partial charge in [0.05, 0.1) is 13.2 Å². The summed E-state index contributed by atoms with van der Waals surface area (Å²) in [4.78, 5) is 2.81. The van der Waals surface area contributed by atoms with Crippen LogP contribution in [0.5, 0.6) is 0 Å². The Morgan fingerprint density at radius 1 is 1.20 bits per heavy atom. The zero-order valence-electron chi connectivity index (χ0n) is 13.7. The summed E-state index contributed by atoms with van der Waals surface area (Å²) in [6.45, 7) is 11.2. The highest BCUT2D eigenvalue weighted by Gasteiger charge is 2.28. The molecule has 1 saturated carbocycles. The van der Waals surface area contributed by atoms with Crippen LogP contribution in [0.25, 0.3) is 0 Å². The van der Waals surface area contributed by atoms with Gasteiger partial charge in [-0.3, -0.25) is 4.90 Å². The Bertz CT molecular complexity index is 258. The largest absolute Gasteiger partial charge is 0.379 e. The number of nitrogens with zero attached hydrogens (tertiary/aromatic N) is 1. The van der Waals surface area contributed by atoms with Crippen molar-refractivity contribution in [1.82, 2.24) is 10.2 Å². The maximum atomic E-state index is 5.61. The van der Waals surface area contributed by atoms with E-state index < -0.39 is 0 Å². The molecule has 0 aromatic heterocycles. The molecule has 0 spiro atoms. The van der Waals surface area contributed by atoms with E-state index in [1.165, 1.54) is 45.1 Å². The SMILES string of the molecule is CC(C)CCN(C(C)CC1COCCN1)C1CCCC1. The third-order valence-electron chi connectivity index (χ3n) is 4.95. The van der Waals surface area contributed by atoms with Crippen LogP contribution >= 0.6 is 0 Å². The Morgan fingerprint density at radius 2 is 1.95 bits per heavy atom. The topological polar surface area (TPSA) is 24.5 Å². The van der Waals surface area contributed by atoms with E-state index in [-0.39, 0.29) is 0 Å². The number of rotatable bonds is 7. The summed E-state index contributed by atoms with van der Waals surface area (Å²) in [5, 5.41) is 3.61. The van der Waals surface area contributed by atoms with Gasteiger partial charge in [-0.2, -0.15) is 0 Å². The molecule has 0 bridgehead atoms. The van der Waals surface area contributed by atoms with Crippen molar-refractivity contribution >= 4 is 0 Å². The molecule has 3 heteroatoms. The first kappa shape index (κ1) is 16.3. The molecule has 20 heavy (non-hydrogen) atoms. The minimum atomic E-state index is 0.557. The summed E-state index contributed by atoms with van der Waals surface area (Å²) < 4.78 is 5.61. The summed E-state index contributed by atoms with van der Waals surface area (Å²) in [6, 6.07) is 2.08. The van der Waals surface area contributed by atoms with Crippen molar-refractivity contribution < 1.29 is 4.74 Å². The number of hydrogen-bond acceptors (Lipinski definition) is 3. The minimum absolute atomic E-state index is 0.557. The highest BCUT2D eigenvalue weighted by molar-refractivity contribution is 4.84. The lowest BCUT2D eigenvalue weighted by Crippen LogP contribution is -2.48. The van der Waals surface area contributed by atoms with Crippen LogP contribution in [0.15, 0.2) is 0 Å². The zero-order valence-corrected chi connectivity index (χ0v) is 13.7. The van der Waals surface area contributed by atoms with Gasteiger partial charge in [-0.25, -0.2) is 0 Å². The van der Waals surface area contributed by atoms with Crippen LogP contribution in [0.4, 0.5) is 0 Å². The molecule has 2 rings (SSSR count). The molecule has 118 valence electrons. The first-order chi connectivity index (χ1) is 9.66. The number of hydrogen-bond donors (Lipinski definition) is 1. The van der Waals surface area contributed by atoms with Gasteiger partial charge in [-0.15, -0.1) is 0 Å². The molecule has 1 saturated heterocycles. The average Bonchev–Trinajstić information content (AvgIpc) is 2.93. The van der Waals surface area contributed by atoms with Crippen molar-refractivity contribution in [2.24, 2.45) is 5.92 Å². The number of nitrogens with one attached hydrogen (secondary N) is 1. The lowest BCUT2D eigenvalue weighted by molar-refractivity contribution is 0.0540. The van der Waals surface area contributed by atoms with Gasteiger partial charge in [0.15, 0.2) is 0 Å². The fourth-order valence-corrected chi connectivity index (χ4v) is 3.72. The summed E-state index contributed by atoms with van der Waals surface area (Å²) in [6.07, 6.45) is 8.25. The van der Waals surface area contributed by atoms with Crippen LogP contribution in [0.2, 0.25) is 0 Å². The maximum absolute atomic E-state index is 5.61. The zero-order chi connectivity index (χ0) is 14.4. The fraction of sp³-hybridized carbons (Fsp3) is 1.00. The van der Waals surface area contributed by atoms with Crippen LogP contribution in [0, 0.1) is 5.92 Å². The molecule has 1 N–H and O–H groups in total. The van der Waals surface area contributed by atoms with Crippen LogP contribution in [-0.2, 0) is 4.74 Å². The van der Waals surface area contributed by atoms with Gasteiger partial charge in [0.2, 0.25) is 0 Å². The molecule has 1 aliphatic heterocycles. The summed E-state index contributed by atoms with van der Waals surface area (Å²) >= 11 is 0. The predicted molar refractivity (Wildman–Crippen MR) is 85.1 cm³/mol. The molecule has 3 nitrogen and oxygen atoms in total. The fourth-order valence-electron chi connectivity index (χ4n) is 3.72. The Balaban J connectivity index is 1.85. The van der Waals surface area contributed by atoms with Crippen molar-refractivity contribution in [3.05, 3.63) is 0 Å². The Hall–Kier alpha value is -0.120. The second-order valence-corrected chi connectivity index (χ2v) is 7.17. The number of ether oxygens (including phenoxy) is 1. The van der Waals surface area contributed by atoms with E-state index in [1.54, 1.807) is 0 Å². The Morgan fingerprint density at radius 3 is 2.55 bits per heavy atom. The molecule has 2 aliphatic rings. The van der Waals surface area contributed by atoms with Gasteiger partial charge >= 0.3 is 0 Å². The Labute approximate surface area is 125 Å². The van der Waals surface area contributed by atoms with Gasteiger partial charge in [-0.1, -0.05) is 26.7 Å². The van der Waals surface area contributed by atoms with Gasteiger partial charge in [0.25, 0.3) is 0 Å². The lowest BCUT2D eigenvalue weighted by Gasteiger charge is -2.37. The van der Waals surface area contributed by atoms with E-state index in [4.69, 9.17) is 4.74 Å². The second kappa shape index (κ2) is 8.35.